The number of aryl methyl sites for hydroxylation is 1. The summed E-state index contributed by atoms with van der Waals surface area (Å²) in [7, 11) is 0. The minimum absolute atomic E-state index is 0.219. The van der Waals surface area contributed by atoms with Crippen molar-refractivity contribution in [2.45, 2.75) is 26.2 Å². The van der Waals surface area contributed by atoms with Gasteiger partial charge >= 0.3 is 0 Å². The molecule has 0 aliphatic heterocycles. The van der Waals surface area contributed by atoms with Gasteiger partial charge in [-0.1, -0.05) is 28.9 Å². The molecule has 26 heavy (non-hydrogen) atoms. The van der Waals surface area contributed by atoms with Crippen LogP contribution in [0.25, 0.3) is 10.2 Å². The fraction of sp³-hybridized carbons (Fsp3) is 0.263. The molecule has 7 heteroatoms. The summed E-state index contributed by atoms with van der Waals surface area (Å²) in [6.07, 6.45) is 2.83. The molecular formula is C19H17BrN2O3S. The van der Waals surface area contributed by atoms with E-state index in [9.17, 15) is 14.7 Å². The van der Waals surface area contributed by atoms with E-state index in [-0.39, 0.29) is 11.3 Å². The number of carbonyl (C=O) groups excluding carboxylic acids is 1. The zero-order valence-corrected chi connectivity index (χ0v) is 16.5. The molecular weight excluding hydrogens is 416 g/mol. The second-order valence-electron chi connectivity index (χ2n) is 6.70. The Bertz CT molecular complexity index is 1090. The number of amides is 1. The van der Waals surface area contributed by atoms with Gasteiger partial charge in [-0.2, -0.15) is 0 Å². The van der Waals surface area contributed by atoms with Crippen molar-refractivity contribution in [1.29, 1.82) is 0 Å². The Labute approximate surface area is 162 Å². The van der Waals surface area contributed by atoms with Crippen LogP contribution in [0.3, 0.4) is 0 Å². The van der Waals surface area contributed by atoms with E-state index in [1.807, 2.05) is 6.07 Å². The fourth-order valence-electron chi connectivity index (χ4n) is 3.46. The van der Waals surface area contributed by atoms with Crippen LogP contribution in [0.1, 0.15) is 34.1 Å². The van der Waals surface area contributed by atoms with Crippen molar-refractivity contribution in [3.05, 3.63) is 55.1 Å². The summed E-state index contributed by atoms with van der Waals surface area (Å²) < 4.78 is 0.810. The number of thiophene rings is 1. The Kier molecular flexibility index (Phi) is 4.36. The van der Waals surface area contributed by atoms with E-state index >= 15 is 0 Å². The van der Waals surface area contributed by atoms with Gasteiger partial charge in [0.15, 0.2) is 0 Å². The standard InChI is InChI=1S/C19H17BrN2O3S/c1-9-5-6-12-13(7-9)26-19-14(12)16(23)15(18(25)22-19)17(24)21-11-4-2-3-10(20)8-11/h2-4,8-9H,5-7H2,1H3,(H,21,24)(H2,22,23,25)/t9-/m0/s1. The molecule has 3 N–H and O–H groups in total. The van der Waals surface area contributed by atoms with Crippen molar-refractivity contribution in [2.75, 3.05) is 5.32 Å². The molecule has 1 amide bonds. The number of fused-ring (bicyclic) bond motifs is 3. The summed E-state index contributed by atoms with van der Waals surface area (Å²) in [4.78, 5) is 29.7. The quantitative estimate of drug-likeness (QED) is 0.559. The lowest BCUT2D eigenvalue weighted by Crippen LogP contribution is -2.23. The highest BCUT2D eigenvalue weighted by molar-refractivity contribution is 9.10. The lowest BCUT2D eigenvalue weighted by Gasteiger charge is -2.18. The van der Waals surface area contributed by atoms with Gasteiger partial charge in [0.1, 0.15) is 16.1 Å². The summed E-state index contributed by atoms with van der Waals surface area (Å²) in [5.41, 5.74) is 0.795. The van der Waals surface area contributed by atoms with Crippen molar-refractivity contribution in [1.82, 2.24) is 4.98 Å². The number of pyridine rings is 1. The van der Waals surface area contributed by atoms with Crippen LogP contribution in [-0.2, 0) is 12.8 Å². The maximum absolute atomic E-state index is 12.6. The van der Waals surface area contributed by atoms with E-state index in [4.69, 9.17) is 0 Å². The maximum atomic E-state index is 12.6. The van der Waals surface area contributed by atoms with Crippen LogP contribution in [0.15, 0.2) is 33.5 Å². The van der Waals surface area contributed by atoms with Gasteiger partial charge in [0, 0.05) is 15.0 Å². The zero-order chi connectivity index (χ0) is 18.4. The van der Waals surface area contributed by atoms with E-state index in [0.29, 0.717) is 21.8 Å². The Morgan fingerprint density at radius 1 is 1.42 bits per heavy atom. The third-order valence-electron chi connectivity index (χ3n) is 4.75. The van der Waals surface area contributed by atoms with Crippen LogP contribution >= 0.6 is 27.3 Å². The number of H-pyrrole nitrogens is 1. The first kappa shape index (κ1) is 17.3. The Hall–Kier alpha value is -2.12. The second-order valence-corrected chi connectivity index (χ2v) is 8.72. The van der Waals surface area contributed by atoms with Crippen LogP contribution in [0.4, 0.5) is 5.69 Å². The van der Waals surface area contributed by atoms with Crippen LogP contribution in [0.2, 0.25) is 0 Å². The van der Waals surface area contributed by atoms with Crippen LogP contribution < -0.4 is 10.9 Å². The molecule has 1 atom stereocenters. The van der Waals surface area contributed by atoms with Crippen LogP contribution in [0, 0.1) is 5.92 Å². The second kappa shape index (κ2) is 6.55. The molecule has 0 spiro atoms. The highest BCUT2D eigenvalue weighted by Crippen LogP contribution is 2.41. The van der Waals surface area contributed by atoms with Gasteiger partial charge < -0.3 is 15.4 Å². The summed E-state index contributed by atoms with van der Waals surface area (Å²) in [5.74, 6) is -0.250. The third-order valence-corrected chi connectivity index (χ3v) is 6.41. The summed E-state index contributed by atoms with van der Waals surface area (Å²) in [6, 6.07) is 7.07. The minimum atomic E-state index is -0.618. The summed E-state index contributed by atoms with van der Waals surface area (Å²) in [6.45, 7) is 2.20. The van der Waals surface area contributed by atoms with Gasteiger partial charge in [0.25, 0.3) is 11.5 Å². The van der Waals surface area contributed by atoms with E-state index in [1.54, 1.807) is 18.2 Å². The van der Waals surface area contributed by atoms with E-state index in [2.05, 4.69) is 33.2 Å². The van der Waals surface area contributed by atoms with Crippen molar-refractivity contribution in [3.63, 3.8) is 0 Å². The maximum Gasteiger partial charge on any atom is 0.265 e. The van der Waals surface area contributed by atoms with Crippen molar-refractivity contribution in [2.24, 2.45) is 5.92 Å². The Morgan fingerprint density at radius 2 is 2.23 bits per heavy atom. The SMILES string of the molecule is C[C@H]1CCc2c(sc3[nH]c(=O)c(C(=O)Nc4cccc(Br)c4)c(O)c23)C1. The number of aromatic hydroxyl groups is 1. The van der Waals surface area contributed by atoms with Crippen molar-refractivity contribution in [3.8, 4) is 5.75 Å². The van der Waals surface area contributed by atoms with Gasteiger partial charge in [0.2, 0.25) is 0 Å². The van der Waals surface area contributed by atoms with E-state index < -0.39 is 11.5 Å². The normalized spacial score (nSPS) is 16.5. The molecule has 0 saturated heterocycles. The zero-order valence-electron chi connectivity index (χ0n) is 14.1. The van der Waals surface area contributed by atoms with Gasteiger partial charge in [-0.3, -0.25) is 9.59 Å². The van der Waals surface area contributed by atoms with Gasteiger partial charge in [-0.25, -0.2) is 0 Å². The first-order chi connectivity index (χ1) is 12.4. The average molecular weight is 433 g/mol. The molecule has 4 rings (SSSR count). The molecule has 5 nitrogen and oxygen atoms in total. The monoisotopic (exact) mass is 432 g/mol. The number of hydrogen-bond donors (Lipinski definition) is 3. The van der Waals surface area contributed by atoms with Crippen molar-refractivity contribution >= 4 is 49.1 Å². The molecule has 134 valence electrons. The van der Waals surface area contributed by atoms with E-state index in [0.717, 1.165) is 29.3 Å². The highest BCUT2D eigenvalue weighted by atomic mass is 79.9. The Balaban J connectivity index is 1.80. The summed E-state index contributed by atoms with van der Waals surface area (Å²) >= 11 is 4.85. The molecule has 0 radical (unpaired) electrons. The minimum Gasteiger partial charge on any atom is -0.506 e. The van der Waals surface area contributed by atoms with Crippen LogP contribution in [-0.4, -0.2) is 16.0 Å². The Morgan fingerprint density at radius 3 is 3.00 bits per heavy atom. The van der Waals surface area contributed by atoms with E-state index in [1.165, 1.54) is 16.2 Å². The van der Waals surface area contributed by atoms with Gasteiger partial charge in [0.05, 0.1) is 5.39 Å². The molecule has 2 heterocycles. The molecule has 1 aliphatic rings. The molecule has 0 bridgehead atoms. The third kappa shape index (κ3) is 2.95. The molecule has 1 aliphatic carbocycles. The molecule has 1 aromatic carbocycles. The molecule has 3 aromatic rings. The predicted molar refractivity (Wildman–Crippen MR) is 107 cm³/mol. The number of nitrogens with one attached hydrogen (secondary N) is 2. The van der Waals surface area contributed by atoms with Gasteiger partial charge in [-0.05, 0) is 48.9 Å². The number of anilines is 1. The average Bonchev–Trinajstić information content (AvgIpc) is 2.91. The highest BCUT2D eigenvalue weighted by Gasteiger charge is 2.27. The first-order valence-corrected chi connectivity index (χ1v) is 10.0. The molecule has 2 aromatic heterocycles. The molecule has 0 unspecified atom stereocenters. The van der Waals surface area contributed by atoms with Crippen molar-refractivity contribution < 1.29 is 9.90 Å². The number of hydrogen-bond acceptors (Lipinski definition) is 4. The predicted octanol–water partition coefficient (Wildman–Crippen LogP) is 4.43. The smallest absolute Gasteiger partial charge is 0.265 e. The largest absolute Gasteiger partial charge is 0.506 e. The number of halogens is 1. The number of aromatic nitrogens is 1. The number of carbonyl (C=O) groups is 1. The number of aromatic amines is 1. The summed E-state index contributed by atoms with van der Waals surface area (Å²) in [5, 5.41) is 14.1. The number of benzene rings is 1. The number of rotatable bonds is 2. The topological polar surface area (TPSA) is 82.2 Å². The lowest BCUT2D eigenvalue weighted by atomic mass is 9.89. The lowest BCUT2D eigenvalue weighted by molar-refractivity contribution is 0.102. The van der Waals surface area contributed by atoms with Crippen LogP contribution in [0.5, 0.6) is 5.75 Å². The first-order valence-electron chi connectivity index (χ1n) is 8.40. The molecule has 0 saturated carbocycles. The van der Waals surface area contributed by atoms with Gasteiger partial charge in [-0.15, -0.1) is 11.3 Å². The fourth-order valence-corrected chi connectivity index (χ4v) is 5.26. The molecule has 0 fully saturated rings.